The quantitative estimate of drug-likeness (QED) is 0.723. The molecule has 0 amide bonds. The Labute approximate surface area is 167 Å². The Bertz CT molecular complexity index is 991. The number of nitrogens with zero attached hydrogens (tertiary/aromatic N) is 1. The SMILES string of the molecule is CC(C)(C)c1cc(C=C(C#N)S(=O)(=O)Cc2ccco2)cc(C(C)(C)C)c1O. The Kier molecular flexibility index (Phi) is 5.82. The zero-order chi connectivity index (χ0) is 21.3. The first-order valence-corrected chi connectivity index (χ1v) is 10.7. The number of furan rings is 1. The van der Waals surface area contributed by atoms with Crippen molar-refractivity contribution in [3.63, 3.8) is 0 Å². The van der Waals surface area contributed by atoms with Crippen molar-refractivity contribution in [3.05, 3.63) is 57.9 Å². The first-order valence-electron chi connectivity index (χ1n) is 9.00. The van der Waals surface area contributed by atoms with Crippen LogP contribution in [-0.4, -0.2) is 13.5 Å². The fraction of sp³-hybridized carbons (Fsp3) is 0.409. The second-order valence-corrected chi connectivity index (χ2v) is 10.9. The number of phenolic OH excluding ortho intramolecular Hbond substituents is 1. The molecule has 0 saturated heterocycles. The maximum Gasteiger partial charge on any atom is 0.195 e. The van der Waals surface area contributed by atoms with E-state index in [2.05, 4.69) is 0 Å². The molecule has 1 N–H and O–H groups in total. The van der Waals surface area contributed by atoms with E-state index >= 15 is 0 Å². The number of phenols is 1. The molecule has 0 radical (unpaired) electrons. The summed E-state index contributed by atoms with van der Waals surface area (Å²) in [5.41, 5.74) is 1.26. The van der Waals surface area contributed by atoms with E-state index in [1.807, 2.05) is 41.5 Å². The lowest BCUT2D eigenvalue weighted by molar-refractivity contribution is 0.423. The number of nitriles is 1. The highest BCUT2D eigenvalue weighted by Crippen LogP contribution is 2.40. The molecule has 28 heavy (non-hydrogen) atoms. The number of benzene rings is 1. The summed E-state index contributed by atoms with van der Waals surface area (Å²) in [4.78, 5) is -0.339. The van der Waals surface area contributed by atoms with Crippen LogP contribution in [0.1, 0.15) is 64.0 Å². The van der Waals surface area contributed by atoms with Gasteiger partial charge < -0.3 is 9.52 Å². The van der Waals surface area contributed by atoms with Crippen molar-refractivity contribution < 1.29 is 17.9 Å². The maximum absolute atomic E-state index is 12.7. The molecule has 150 valence electrons. The van der Waals surface area contributed by atoms with Crippen molar-refractivity contribution in [1.29, 1.82) is 5.26 Å². The lowest BCUT2D eigenvalue weighted by atomic mass is 9.78. The molecule has 1 aromatic heterocycles. The van der Waals surface area contributed by atoms with Gasteiger partial charge in [-0.1, -0.05) is 41.5 Å². The number of hydrogen-bond acceptors (Lipinski definition) is 5. The van der Waals surface area contributed by atoms with Gasteiger partial charge >= 0.3 is 0 Å². The number of allylic oxidation sites excluding steroid dienone is 1. The predicted molar refractivity (Wildman–Crippen MR) is 110 cm³/mol. The lowest BCUT2D eigenvalue weighted by Crippen LogP contribution is -2.17. The van der Waals surface area contributed by atoms with E-state index in [1.165, 1.54) is 12.3 Å². The summed E-state index contributed by atoms with van der Waals surface area (Å²) in [6, 6.07) is 8.45. The molecule has 0 unspecified atom stereocenters. The summed E-state index contributed by atoms with van der Waals surface area (Å²) in [5.74, 6) is 0.0992. The molecule has 0 fully saturated rings. The van der Waals surface area contributed by atoms with Crippen molar-refractivity contribution in [1.82, 2.24) is 0 Å². The van der Waals surface area contributed by atoms with Crippen LogP contribution in [0.2, 0.25) is 0 Å². The fourth-order valence-electron chi connectivity index (χ4n) is 2.89. The van der Waals surface area contributed by atoms with Crippen LogP contribution in [0.4, 0.5) is 0 Å². The minimum atomic E-state index is -3.86. The van der Waals surface area contributed by atoms with E-state index in [-0.39, 0.29) is 33.0 Å². The van der Waals surface area contributed by atoms with E-state index in [4.69, 9.17) is 4.42 Å². The van der Waals surface area contributed by atoms with Crippen LogP contribution in [0, 0.1) is 11.3 Å². The first kappa shape index (κ1) is 21.8. The molecule has 6 heteroatoms. The summed E-state index contributed by atoms with van der Waals surface area (Å²) in [6.45, 7) is 11.8. The zero-order valence-corrected chi connectivity index (χ0v) is 18.0. The molecule has 0 spiro atoms. The van der Waals surface area contributed by atoms with Gasteiger partial charge in [0.25, 0.3) is 0 Å². The topological polar surface area (TPSA) is 91.3 Å². The minimum absolute atomic E-state index is 0.203. The van der Waals surface area contributed by atoms with E-state index < -0.39 is 9.84 Å². The van der Waals surface area contributed by atoms with Crippen LogP contribution in [-0.2, 0) is 26.4 Å². The van der Waals surface area contributed by atoms with Crippen LogP contribution in [0.25, 0.3) is 6.08 Å². The second-order valence-electron chi connectivity index (χ2n) is 8.92. The van der Waals surface area contributed by atoms with Crippen LogP contribution >= 0.6 is 0 Å². The molecule has 0 aliphatic rings. The van der Waals surface area contributed by atoms with Crippen LogP contribution in [0.3, 0.4) is 0 Å². The highest BCUT2D eigenvalue weighted by atomic mass is 32.2. The van der Waals surface area contributed by atoms with Crippen LogP contribution in [0.15, 0.2) is 39.9 Å². The van der Waals surface area contributed by atoms with Gasteiger partial charge in [-0.25, -0.2) is 8.42 Å². The Morgan fingerprint density at radius 1 is 1.14 bits per heavy atom. The molecule has 0 aliphatic heterocycles. The zero-order valence-electron chi connectivity index (χ0n) is 17.2. The highest BCUT2D eigenvalue weighted by Gasteiger charge is 2.27. The van der Waals surface area contributed by atoms with Gasteiger partial charge in [-0.15, -0.1) is 0 Å². The van der Waals surface area contributed by atoms with E-state index in [0.717, 1.165) is 0 Å². The molecule has 0 bridgehead atoms. The number of aromatic hydroxyl groups is 1. The third-order valence-electron chi connectivity index (χ3n) is 4.40. The lowest BCUT2D eigenvalue weighted by Gasteiger charge is -2.28. The Morgan fingerprint density at radius 3 is 2.07 bits per heavy atom. The molecule has 0 aliphatic carbocycles. The fourth-order valence-corrected chi connectivity index (χ4v) is 4.04. The molecule has 0 saturated carbocycles. The van der Waals surface area contributed by atoms with Gasteiger partial charge in [0.15, 0.2) is 9.84 Å². The van der Waals surface area contributed by atoms with Gasteiger partial charge in [0.2, 0.25) is 0 Å². The molecular weight excluding hydrogens is 374 g/mol. The molecule has 2 aromatic rings. The standard InChI is InChI=1S/C22H27NO4S/c1-21(2,3)18-11-15(12-19(20(18)24)22(4,5)6)10-17(13-23)28(25,26)14-16-8-7-9-27-16/h7-12,24H,14H2,1-6H3. The van der Waals surface area contributed by atoms with Crippen molar-refractivity contribution >= 4 is 15.9 Å². The number of sulfone groups is 1. The summed E-state index contributed by atoms with van der Waals surface area (Å²) < 4.78 is 30.4. The largest absolute Gasteiger partial charge is 0.507 e. The monoisotopic (exact) mass is 401 g/mol. The molecule has 1 aromatic carbocycles. The van der Waals surface area contributed by atoms with E-state index in [1.54, 1.807) is 30.3 Å². The van der Waals surface area contributed by atoms with E-state index in [0.29, 0.717) is 16.7 Å². The number of rotatable bonds is 4. The van der Waals surface area contributed by atoms with Gasteiger partial charge in [0.1, 0.15) is 28.2 Å². The van der Waals surface area contributed by atoms with Crippen LogP contribution < -0.4 is 0 Å². The molecule has 5 nitrogen and oxygen atoms in total. The normalized spacial score (nSPS) is 13.4. The molecule has 2 rings (SSSR count). The van der Waals surface area contributed by atoms with E-state index in [9.17, 15) is 18.8 Å². The summed E-state index contributed by atoms with van der Waals surface area (Å²) in [7, 11) is -3.86. The third-order valence-corrected chi connectivity index (χ3v) is 5.95. The Hall–Kier alpha value is -2.52. The highest BCUT2D eigenvalue weighted by molar-refractivity contribution is 7.94. The molecule has 0 atom stereocenters. The van der Waals surface area contributed by atoms with Crippen molar-refractivity contribution in [2.75, 3.05) is 0 Å². The average Bonchev–Trinajstić information content (AvgIpc) is 3.03. The van der Waals surface area contributed by atoms with Crippen molar-refractivity contribution in [2.45, 2.75) is 58.1 Å². The third kappa shape index (κ3) is 4.85. The van der Waals surface area contributed by atoms with Gasteiger partial charge in [-0.05, 0) is 46.7 Å². The molecule has 1 heterocycles. The van der Waals surface area contributed by atoms with Crippen molar-refractivity contribution in [3.8, 4) is 11.8 Å². The average molecular weight is 402 g/mol. The van der Waals surface area contributed by atoms with Gasteiger partial charge in [0.05, 0.1) is 6.26 Å². The van der Waals surface area contributed by atoms with Gasteiger partial charge in [-0.3, -0.25) is 0 Å². The predicted octanol–water partition coefficient (Wildman–Crippen LogP) is 5.06. The maximum atomic E-state index is 12.7. The van der Waals surface area contributed by atoms with Crippen molar-refractivity contribution in [2.24, 2.45) is 0 Å². The van der Waals surface area contributed by atoms with Crippen LogP contribution in [0.5, 0.6) is 5.75 Å². The first-order chi connectivity index (χ1) is 12.8. The summed E-state index contributed by atoms with van der Waals surface area (Å²) >= 11 is 0. The van der Waals surface area contributed by atoms with Gasteiger partial charge in [-0.2, -0.15) is 5.26 Å². The van der Waals surface area contributed by atoms with Gasteiger partial charge in [0, 0.05) is 11.1 Å². The smallest absolute Gasteiger partial charge is 0.195 e. The minimum Gasteiger partial charge on any atom is -0.507 e. The Balaban J connectivity index is 2.64. The summed E-state index contributed by atoms with van der Waals surface area (Å²) in [6.07, 6.45) is 2.76. The summed E-state index contributed by atoms with van der Waals surface area (Å²) in [5, 5.41) is 20.3. The number of hydrogen-bond donors (Lipinski definition) is 1. The Morgan fingerprint density at radius 2 is 1.68 bits per heavy atom. The molecular formula is C22H27NO4S. The second kappa shape index (κ2) is 7.48.